The minimum Gasteiger partial charge on any atom is -0.487 e. The van der Waals surface area contributed by atoms with Crippen LogP contribution in [0.1, 0.15) is 40.8 Å². The molecular formula is C31H30Cl2N4O4S2. The van der Waals surface area contributed by atoms with Gasteiger partial charge in [-0.05, 0) is 68.1 Å². The van der Waals surface area contributed by atoms with Gasteiger partial charge in [-0.2, -0.15) is 4.31 Å². The number of aryl methyl sites for hydroxylation is 2. The number of halogens is 2. The van der Waals surface area contributed by atoms with Crippen LogP contribution in [-0.4, -0.2) is 41.2 Å². The summed E-state index contributed by atoms with van der Waals surface area (Å²) in [6, 6.07) is 16.8. The topological polar surface area (TPSA) is 115 Å². The van der Waals surface area contributed by atoms with Gasteiger partial charge in [0.05, 0.1) is 5.02 Å². The Morgan fingerprint density at radius 1 is 1.14 bits per heavy atom. The molecule has 43 heavy (non-hydrogen) atoms. The highest BCUT2D eigenvalue weighted by Gasteiger charge is 2.40. The Morgan fingerprint density at radius 2 is 1.91 bits per heavy atom. The first-order chi connectivity index (χ1) is 20.5. The highest BCUT2D eigenvalue weighted by Crippen LogP contribution is 2.36. The molecule has 4 aromatic rings. The molecule has 1 saturated heterocycles. The van der Waals surface area contributed by atoms with Crippen molar-refractivity contribution >= 4 is 67.2 Å². The van der Waals surface area contributed by atoms with Crippen molar-refractivity contribution in [3.8, 4) is 5.75 Å². The Morgan fingerprint density at radius 3 is 2.67 bits per heavy atom. The number of nitrogens with two attached hydrogens (primary N) is 1. The molecule has 2 heterocycles. The third kappa shape index (κ3) is 6.49. The Labute approximate surface area is 266 Å². The number of amides is 1. The van der Waals surface area contributed by atoms with Crippen molar-refractivity contribution in [3.05, 3.63) is 98.7 Å². The van der Waals surface area contributed by atoms with Crippen molar-refractivity contribution in [1.82, 2.24) is 14.6 Å². The van der Waals surface area contributed by atoms with Gasteiger partial charge in [0.15, 0.2) is 0 Å². The largest absolute Gasteiger partial charge is 0.487 e. The average Bonchev–Trinajstić information content (AvgIpc) is 3.47. The molecule has 1 aromatic heterocycles. The van der Waals surface area contributed by atoms with E-state index in [-0.39, 0.29) is 39.6 Å². The summed E-state index contributed by atoms with van der Waals surface area (Å²) >= 11 is 18.2. The summed E-state index contributed by atoms with van der Waals surface area (Å²) in [4.78, 5) is 17.9. The lowest BCUT2D eigenvalue weighted by molar-refractivity contribution is -0.124. The van der Waals surface area contributed by atoms with E-state index in [1.54, 1.807) is 24.3 Å². The first-order valence-corrected chi connectivity index (χ1v) is 16.2. The number of hydrogen-bond acceptors (Lipinski definition) is 6. The number of rotatable bonds is 9. The molecule has 1 aliphatic heterocycles. The molecule has 1 amide bonds. The van der Waals surface area contributed by atoms with Gasteiger partial charge in [0.1, 0.15) is 33.8 Å². The third-order valence-electron chi connectivity index (χ3n) is 7.43. The number of carbonyl (C=O) groups is 1. The molecule has 1 fully saturated rings. The standard InChI is InChI=1S/C31H30Cl2N4O4S2/c1-18-14-19(2)36-29-22(18)8-4-10-26(29)41-17-23-24(32)11-12-27(28(23)33)43(39,40)37-13-5-9-25(37)31(38)35-16-20-6-3-7-21(15-20)30(34)42/h3-4,6-8,10-12,14-15,25H,5,9,13,16-17H2,1-2H3,(H2,34,42)(H,35,38). The van der Waals surface area contributed by atoms with Crippen LogP contribution >= 0.6 is 35.4 Å². The SMILES string of the molecule is Cc1cc(C)c2cccc(OCc3c(Cl)ccc(S(=O)(=O)N4CCCC4C(=O)NCc4cccc(C(N)=S)c4)c3Cl)c2n1. The van der Waals surface area contributed by atoms with Gasteiger partial charge in [0.25, 0.3) is 0 Å². The molecule has 12 heteroatoms. The molecule has 0 spiro atoms. The molecule has 1 aliphatic rings. The molecule has 5 rings (SSSR count). The summed E-state index contributed by atoms with van der Waals surface area (Å²) in [5, 5.41) is 4.01. The van der Waals surface area contributed by atoms with Gasteiger partial charge in [-0.1, -0.05) is 65.8 Å². The average molecular weight is 658 g/mol. The Balaban J connectivity index is 1.36. The first-order valence-electron chi connectivity index (χ1n) is 13.6. The van der Waals surface area contributed by atoms with Crippen LogP contribution in [-0.2, 0) is 28.0 Å². The smallest absolute Gasteiger partial charge is 0.245 e. The summed E-state index contributed by atoms with van der Waals surface area (Å²) < 4.78 is 35.1. The van der Waals surface area contributed by atoms with E-state index in [1.807, 2.05) is 38.1 Å². The summed E-state index contributed by atoms with van der Waals surface area (Å²) in [5.41, 5.74) is 10.1. The highest BCUT2D eigenvalue weighted by molar-refractivity contribution is 7.89. The van der Waals surface area contributed by atoms with Crippen LogP contribution in [0.25, 0.3) is 10.9 Å². The van der Waals surface area contributed by atoms with Gasteiger partial charge in [-0.15, -0.1) is 0 Å². The van der Waals surface area contributed by atoms with E-state index >= 15 is 0 Å². The van der Waals surface area contributed by atoms with Gasteiger partial charge >= 0.3 is 0 Å². The first kappa shape index (κ1) is 31.2. The van der Waals surface area contributed by atoms with E-state index in [0.717, 1.165) is 22.2 Å². The number of hydrogen-bond donors (Lipinski definition) is 2. The number of thiocarbonyl (C=S) groups is 1. The van der Waals surface area contributed by atoms with Gasteiger partial charge in [-0.25, -0.2) is 13.4 Å². The number of nitrogens with zero attached hydrogens (tertiary/aromatic N) is 2. The van der Waals surface area contributed by atoms with E-state index < -0.39 is 22.0 Å². The molecule has 0 aliphatic carbocycles. The predicted molar refractivity (Wildman–Crippen MR) is 173 cm³/mol. The summed E-state index contributed by atoms with van der Waals surface area (Å²) in [7, 11) is -4.15. The number of ether oxygens (including phenoxy) is 1. The van der Waals surface area contributed by atoms with Gasteiger partial charge in [0, 0.05) is 40.3 Å². The number of benzene rings is 3. The van der Waals surface area contributed by atoms with E-state index in [1.165, 1.54) is 16.4 Å². The van der Waals surface area contributed by atoms with Crippen molar-refractivity contribution in [2.24, 2.45) is 5.73 Å². The number of para-hydroxylation sites is 1. The number of sulfonamides is 1. The lowest BCUT2D eigenvalue weighted by atomic mass is 10.1. The molecule has 3 N–H and O–H groups in total. The number of carbonyl (C=O) groups excluding carboxylic acids is 1. The van der Waals surface area contributed by atoms with Gasteiger partial charge in [0.2, 0.25) is 15.9 Å². The van der Waals surface area contributed by atoms with Crippen LogP contribution in [0.2, 0.25) is 10.0 Å². The van der Waals surface area contributed by atoms with E-state index in [0.29, 0.717) is 35.2 Å². The van der Waals surface area contributed by atoms with Gasteiger partial charge in [-0.3, -0.25) is 4.79 Å². The fourth-order valence-corrected chi connectivity index (χ4v) is 7.93. The summed E-state index contributed by atoms with van der Waals surface area (Å²) in [6.07, 6.45) is 0.911. The lowest BCUT2D eigenvalue weighted by Gasteiger charge is -2.24. The molecular weight excluding hydrogens is 627 g/mol. The quantitative estimate of drug-likeness (QED) is 0.218. The second kappa shape index (κ2) is 12.8. The molecule has 1 unspecified atom stereocenters. The van der Waals surface area contributed by atoms with Crippen LogP contribution in [0.5, 0.6) is 5.75 Å². The monoisotopic (exact) mass is 656 g/mol. The van der Waals surface area contributed by atoms with Crippen LogP contribution in [0.15, 0.2) is 65.6 Å². The molecule has 0 bridgehead atoms. The van der Waals surface area contributed by atoms with E-state index in [4.69, 9.17) is 45.9 Å². The normalized spacial score (nSPS) is 15.5. The predicted octanol–water partition coefficient (Wildman–Crippen LogP) is 5.84. The van der Waals surface area contributed by atoms with Crippen molar-refractivity contribution < 1.29 is 17.9 Å². The van der Waals surface area contributed by atoms with Crippen LogP contribution < -0.4 is 15.8 Å². The molecule has 0 radical (unpaired) electrons. The van der Waals surface area contributed by atoms with Crippen molar-refractivity contribution in [2.75, 3.05) is 6.54 Å². The number of nitrogens with one attached hydrogen (secondary N) is 1. The zero-order chi connectivity index (χ0) is 30.9. The molecule has 3 aromatic carbocycles. The highest BCUT2D eigenvalue weighted by atomic mass is 35.5. The van der Waals surface area contributed by atoms with Crippen molar-refractivity contribution in [2.45, 2.75) is 50.8 Å². The molecule has 1 atom stereocenters. The van der Waals surface area contributed by atoms with Gasteiger partial charge < -0.3 is 15.8 Å². The maximum Gasteiger partial charge on any atom is 0.245 e. The van der Waals surface area contributed by atoms with E-state index in [9.17, 15) is 13.2 Å². The van der Waals surface area contributed by atoms with Crippen molar-refractivity contribution in [1.29, 1.82) is 0 Å². The second-order valence-corrected chi connectivity index (χ2v) is 13.5. The fraction of sp³-hybridized carbons (Fsp3) is 0.258. The van der Waals surface area contributed by atoms with E-state index in [2.05, 4.69) is 10.3 Å². The third-order valence-corrected chi connectivity index (χ3v) is 10.5. The zero-order valence-electron chi connectivity index (χ0n) is 23.6. The van der Waals surface area contributed by atoms with Crippen molar-refractivity contribution in [3.63, 3.8) is 0 Å². The minimum atomic E-state index is -4.15. The number of fused-ring (bicyclic) bond motifs is 1. The lowest BCUT2D eigenvalue weighted by Crippen LogP contribution is -2.45. The maximum absolute atomic E-state index is 13.9. The number of aromatic nitrogens is 1. The second-order valence-electron chi connectivity index (χ2n) is 10.4. The van der Waals surface area contributed by atoms with Crippen LogP contribution in [0, 0.1) is 13.8 Å². The molecule has 8 nitrogen and oxygen atoms in total. The zero-order valence-corrected chi connectivity index (χ0v) is 26.7. The van der Waals surface area contributed by atoms with Crippen LogP contribution in [0.4, 0.5) is 0 Å². The summed E-state index contributed by atoms with van der Waals surface area (Å²) in [6.45, 7) is 4.22. The fourth-order valence-electron chi connectivity index (χ4n) is 5.29. The Kier molecular flexibility index (Phi) is 9.24. The Bertz CT molecular complexity index is 1850. The number of pyridine rings is 1. The summed E-state index contributed by atoms with van der Waals surface area (Å²) in [5.74, 6) is 0.129. The molecule has 224 valence electrons. The maximum atomic E-state index is 13.9. The minimum absolute atomic E-state index is 0.0475. The molecule has 0 saturated carbocycles. The Hall–Kier alpha value is -3.28. The van der Waals surface area contributed by atoms with Crippen LogP contribution in [0.3, 0.4) is 0 Å².